The Morgan fingerprint density at radius 2 is 1.67 bits per heavy atom. The molecule has 9 nitrogen and oxygen atoms in total. The van der Waals surface area contributed by atoms with E-state index in [0.29, 0.717) is 30.6 Å². The van der Waals surface area contributed by atoms with Gasteiger partial charge in [-0.05, 0) is 25.2 Å². The van der Waals surface area contributed by atoms with Gasteiger partial charge in [0, 0.05) is 18.2 Å². The first kappa shape index (κ1) is 21.1. The van der Waals surface area contributed by atoms with Crippen molar-refractivity contribution in [3.63, 3.8) is 0 Å². The predicted octanol–water partition coefficient (Wildman–Crippen LogP) is 2.86. The second kappa shape index (κ2) is 9.75. The van der Waals surface area contributed by atoms with E-state index in [4.69, 9.17) is 19.9 Å². The maximum Gasteiger partial charge on any atom is 0.232 e. The number of methoxy groups -OCH3 is 3. The quantitative estimate of drug-likeness (QED) is 0.550. The molecule has 0 saturated carbocycles. The number of nitrogens with one attached hydrogen (secondary N) is 1. The normalized spacial score (nSPS) is 10.7. The van der Waals surface area contributed by atoms with Crippen LogP contribution >= 0.6 is 0 Å². The van der Waals surface area contributed by atoms with Gasteiger partial charge in [-0.25, -0.2) is 0 Å². The van der Waals surface area contributed by atoms with Crippen molar-refractivity contribution in [2.75, 3.05) is 39.4 Å². The Bertz CT molecular complexity index is 998. The third-order valence-corrected chi connectivity index (χ3v) is 4.40. The van der Waals surface area contributed by atoms with Crippen LogP contribution in [0.2, 0.25) is 0 Å². The molecule has 0 amide bonds. The number of nitrogens with two attached hydrogens (primary N) is 1. The highest BCUT2D eigenvalue weighted by atomic mass is 16.5. The highest BCUT2D eigenvalue weighted by Crippen LogP contribution is 2.27. The van der Waals surface area contributed by atoms with Crippen LogP contribution in [0.5, 0.6) is 17.2 Å². The van der Waals surface area contributed by atoms with E-state index < -0.39 is 0 Å². The van der Waals surface area contributed by atoms with Crippen LogP contribution in [0.4, 0.5) is 17.6 Å². The molecule has 9 heteroatoms. The molecule has 3 aromatic rings. The summed E-state index contributed by atoms with van der Waals surface area (Å²) >= 11 is 0. The minimum absolute atomic E-state index is 0.146. The summed E-state index contributed by atoms with van der Waals surface area (Å²) in [5.41, 5.74) is 7.67. The van der Waals surface area contributed by atoms with Gasteiger partial charge in [0.1, 0.15) is 23.1 Å². The first-order valence-electron chi connectivity index (χ1n) is 9.32. The fraction of sp³-hybridized carbons (Fsp3) is 0.286. The Hall–Kier alpha value is -3.59. The molecule has 0 bridgehead atoms. The average molecular weight is 410 g/mol. The van der Waals surface area contributed by atoms with Crippen molar-refractivity contribution >= 4 is 17.6 Å². The van der Waals surface area contributed by atoms with Crippen molar-refractivity contribution in [3.05, 3.63) is 53.9 Å². The van der Waals surface area contributed by atoms with Gasteiger partial charge in [0.25, 0.3) is 0 Å². The lowest BCUT2D eigenvalue weighted by atomic mass is 10.2. The maximum absolute atomic E-state index is 5.90. The molecule has 1 heterocycles. The summed E-state index contributed by atoms with van der Waals surface area (Å²) < 4.78 is 16.1. The van der Waals surface area contributed by atoms with E-state index in [1.807, 2.05) is 49.5 Å². The Morgan fingerprint density at radius 1 is 0.900 bits per heavy atom. The van der Waals surface area contributed by atoms with Crippen LogP contribution in [0, 0.1) is 0 Å². The van der Waals surface area contributed by atoms with E-state index in [9.17, 15) is 0 Å². The number of rotatable bonds is 9. The molecular weight excluding hydrogens is 384 g/mol. The second-order valence-electron chi connectivity index (χ2n) is 6.61. The number of ether oxygens (including phenoxy) is 3. The van der Waals surface area contributed by atoms with Gasteiger partial charge in [0.15, 0.2) is 0 Å². The number of anilines is 3. The predicted molar refractivity (Wildman–Crippen MR) is 115 cm³/mol. The molecule has 3 rings (SSSR count). The summed E-state index contributed by atoms with van der Waals surface area (Å²) in [5.74, 6) is 3.24. The number of nitrogen functional groups attached to an aromatic ring is 1. The molecule has 0 unspecified atom stereocenters. The third-order valence-electron chi connectivity index (χ3n) is 4.40. The summed E-state index contributed by atoms with van der Waals surface area (Å²) in [5, 5.41) is 3.14. The lowest BCUT2D eigenvalue weighted by molar-refractivity contribution is 0.302. The Labute approximate surface area is 175 Å². The van der Waals surface area contributed by atoms with E-state index in [0.717, 1.165) is 22.7 Å². The molecule has 2 aromatic carbocycles. The first-order valence-corrected chi connectivity index (χ1v) is 9.32. The summed E-state index contributed by atoms with van der Waals surface area (Å²) in [6.07, 6.45) is 0. The lowest BCUT2D eigenvalue weighted by Crippen LogP contribution is -2.20. The Morgan fingerprint density at radius 3 is 2.40 bits per heavy atom. The van der Waals surface area contributed by atoms with Crippen molar-refractivity contribution in [2.24, 2.45) is 0 Å². The van der Waals surface area contributed by atoms with E-state index in [1.165, 1.54) is 0 Å². The number of para-hydroxylation sites is 2. The zero-order valence-corrected chi connectivity index (χ0v) is 17.5. The van der Waals surface area contributed by atoms with Gasteiger partial charge in [-0.3, -0.25) is 4.90 Å². The smallest absolute Gasteiger partial charge is 0.232 e. The standard InChI is InChI=1S/C21H26N6O3/c1-27(12-14-9-10-15(28-2)11-18(14)30-4)13-19-24-20(22)26-21(25-19)23-16-7-5-6-8-17(16)29-3/h5-11H,12-13H2,1-4H3,(H3,22,23,24,25,26). The number of aromatic nitrogens is 3. The van der Waals surface area contributed by atoms with Crippen LogP contribution in [-0.2, 0) is 13.1 Å². The molecule has 0 saturated heterocycles. The molecule has 0 aliphatic carbocycles. The van der Waals surface area contributed by atoms with Crippen molar-refractivity contribution in [1.82, 2.24) is 19.9 Å². The van der Waals surface area contributed by atoms with Crippen LogP contribution in [0.1, 0.15) is 11.4 Å². The van der Waals surface area contributed by atoms with Gasteiger partial charge in [-0.15, -0.1) is 0 Å². The van der Waals surface area contributed by atoms with Gasteiger partial charge in [-0.2, -0.15) is 15.0 Å². The number of benzene rings is 2. The zero-order valence-electron chi connectivity index (χ0n) is 17.5. The number of hydrogen-bond donors (Lipinski definition) is 2. The molecule has 0 radical (unpaired) electrons. The van der Waals surface area contributed by atoms with Gasteiger partial charge < -0.3 is 25.3 Å². The Balaban J connectivity index is 1.74. The highest BCUT2D eigenvalue weighted by Gasteiger charge is 2.12. The molecule has 3 N–H and O–H groups in total. The van der Waals surface area contributed by atoms with Crippen molar-refractivity contribution in [1.29, 1.82) is 0 Å². The number of hydrogen-bond acceptors (Lipinski definition) is 9. The molecule has 0 aliphatic heterocycles. The van der Waals surface area contributed by atoms with Crippen LogP contribution in [-0.4, -0.2) is 48.2 Å². The van der Waals surface area contributed by atoms with Crippen LogP contribution in [0.3, 0.4) is 0 Å². The van der Waals surface area contributed by atoms with Crippen LogP contribution in [0.25, 0.3) is 0 Å². The fourth-order valence-electron chi connectivity index (χ4n) is 3.00. The fourth-order valence-corrected chi connectivity index (χ4v) is 3.00. The van der Waals surface area contributed by atoms with Gasteiger partial charge >= 0.3 is 0 Å². The first-order chi connectivity index (χ1) is 14.5. The molecule has 0 spiro atoms. The maximum atomic E-state index is 5.90. The van der Waals surface area contributed by atoms with E-state index >= 15 is 0 Å². The molecule has 1 aromatic heterocycles. The van der Waals surface area contributed by atoms with Crippen molar-refractivity contribution in [2.45, 2.75) is 13.1 Å². The lowest BCUT2D eigenvalue weighted by Gasteiger charge is -2.18. The monoisotopic (exact) mass is 410 g/mol. The summed E-state index contributed by atoms with van der Waals surface area (Å²) in [6, 6.07) is 13.3. The molecule has 0 atom stereocenters. The van der Waals surface area contributed by atoms with Crippen molar-refractivity contribution in [3.8, 4) is 17.2 Å². The zero-order chi connectivity index (χ0) is 21.5. The average Bonchev–Trinajstić information content (AvgIpc) is 2.74. The van der Waals surface area contributed by atoms with Gasteiger partial charge in [0.2, 0.25) is 11.9 Å². The molecular formula is C21H26N6O3. The molecule has 158 valence electrons. The third kappa shape index (κ3) is 5.26. The summed E-state index contributed by atoms with van der Waals surface area (Å²) in [4.78, 5) is 15.0. The SMILES string of the molecule is COc1ccc(CN(C)Cc2nc(N)nc(Nc3ccccc3OC)n2)c(OC)c1. The van der Waals surface area contributed by atoms with Crippen molar-refractivity contribution < 1.29 is 14.2 Å². The van der Waals surface area contributed by atoms with Crippen LogP contribution in [0.15, 0.2) is 42.5 Å². The van der Waals surface area contributed by atoms with E-state index in [-0.39, 0.29) is 5.95 Å². The minimum Gasteiger partial charge on any atom is -0.497 e. The van der Waals surface area contributed by atoms with E-state index in [1.54, 1.807) is 21.3 Å². The summed E-state index contributed by atoms with van der Waals surface area (Å²) in [7, 11) is 6.84. The molecule has 30 heavy (non-hydrogen) atoms. The second-order valence-corrected chi connectivity index (χ2v) is 6.61. The highest BCUT2D eigenvalue weighted by molar-refractivity contribution is 5.62. The largest absolute Gasteiger partial charge is 0.497 e. The van der Waals surface area contributed by atoms with Gasteiger partial charge in [-0.1, -0.05) is 18.2 Å². The molecule has 0 fully saturated rings. The Kier molecular flexibility index (Phi) is 6.87. The minimum atomic E-state index is 0.146. The van der Waals surface area contributed by atoms with E-state index in [2.05, 4.69) is 25.2 Å². The molecule has 0 aliphatic rings. The number of nitrogens with zero attached hydrogens (tertiary/aromatic N) is 4. The van der Waals surface area contributed by atoms with Crippen LogP contribution < -0.4 is 25.3 Å². The van der Waals surface area contributed by atoms with Gasteiger partial charge in [0.05, 0.1) is 33.6 Å². The topological polar surface area (TPSA) is 108 Å². The summed E-state index contributed by atoms with van der Waals surface area (Å²) in [6.45, 7) is 1.11.